The summed E-state index contributed by atoms with van der Waals surface area (Å²) in [7, 11) is -3.28. The predicted octanol–water partition coefficient (Wildman–Crippen LogP) is 1.12. The van der Waals surface area contributed by atoms with E-state index in [1.165, 1.54) is 0 Å². The van der Waals surface area contributed by atoms with E-state index in [4.69, 9.17) is 5.73 Å². The lowest BCUT2D eigenvalue weighted by Gasteiger charge is -2.08. The highest BCUT2D eigenvalue weighted by Gasteiger charge is 2.09. The van der Waals surface area contributed by atoms with Crippen LogP contribution in [-0.2, 0) is 10.0 Å². The van der Waals surface area contributed by atoms with Crippen molar-refractivity contribution in [3.8, 4) is 0 Å². The van der Waals surface area contributed by atoms with Crippen LogP contribution in [0, 0.1) is 6.92 Å². The van der Waals surface area contributed by atoms with E-state index in [0.29, 0.717) is 5.69 Å². The third kappa shape index (κ3) is 4.51. The SMILES string of the molecule is Cc1ccccc1NS(=O)(=O)CCN.Cl. The zero-order valence-electron chi connectivity index (χ0n) is 8.43. The van der Waals surface area contributed by atoms with Gasteiger partial charge in [-0.25, -0.2) is 8.42 Å². The molecule has 0 aromatic heterocycles. The van der Waals surface area contributed by atoms with Crippen LogP contribution in [0.2, 0.25) is 0 Å². The van der Waals surface area contributed by atoms with Gasteiger partial charge in [0.05, 0.1) is 11.4 Å². The van der Waals surface area contributed by atoms with Crippen LogP contribution in [0.25, 0.3) is 0 Å². The molecule has 0 unspecified atom stereocenters. The number of hydrogen-bond donors (Lipinski definition) is 2. The summed E-state index contributed by atoms with van der Waals surface area (Å²) in [6.07, 6.45) is 0. The van der Waals surface area contributed by atoms with Crippen molar-refractivity contribution in [1.29, 1.82) is 0 Å². The summed E-state index contributed by atoms with van der Waals surface area (Å²) in [6, 6.07) is 7.22. The average molecular weight is 251 g/mol. The Balaban J connectivity index is 0.00000196. The number of nitrogens with one attached hydrogen (secondary N) is 1. The molecule has 15 heavy (non-hydrogen) atoms. The summed E-state index contributed by atoms with van der Waals surface area (Å²) < 4.78 is 25.2. The maximum absolute atomic E-state index is 11.4. The van der Waals surface area contributed by atoms with E-state index in [0.717, 1.165) is 5.56 Å². The molecule has 86 valence electrons. The number of anilines is 1. The Morgan fingerprint density at radius 2 is 1.93 bits per heavy atom. The summed E-state index contributed by atoms with van der Waals surface area (Å²) in [5.41, 5.74) is 6.70. The van der Waals surface area contributed by atoms with Crippen molar-refractivity contribution < 1.29 is 8.42 Å². The van der Waals surface area contributed by atoms with E-state index in [-0.39, 0.29) is 24.7 Å². The van der Waals surface area contributed by atoms with Gasteiger partial charge in [-0.05, 0) is 18.6 Å². The maximum Gasteiger partial charge on any atom is 0.233 e. The molecular weight excluding hydrogens is 236 g/mol. The molecule has 0 radical (unpaired) electrons. The van der Waals surface area contributed by atoms with Crippen molar-refractivity contribution in [1.82, 2.24) is 0 Å². The highest BCUT2D eigenvalue weighted by atomic mass is 35.5. The van der Waals surface area contributed by atoms with Crippen LogP contribution in [0.4, 0.5) is 5.69 Å². The molecule has 0 aliphatic rings. The average Bonchev–Trinajstić information content (AvgIpc) is 2.08. The molecule has 0 amide bonds. The first-order valence-electron chi connectivity index (χ1n) is 4.31. The number of sulfonamides is 1. The molecule has 0 heterocycles. The second-order valence-electron chi connectivity index (χ2n) is 3.02. The summed E-state index contributed by atoms with van der Waals surface area (Å²) in [5.74, 6) is -0.0542. The molecule has 3 N–H and O–H groups in total. The van der Waals surface area contributed by atoms with E-state index < -0.39 is 10.0 Å². The molecule has 4 nitrogen and oxygen atoms in total. The molecule has 1 aromatic carbocycles. The Kier molecular flexibility index (Phi) is 5.64. The Morgan fingerprint density at radius 1 is 1.33 bits per heavy atom. The minimum atomic E-state index is -3.28. The van der Waals surface area contributed by atoms with Gasteiger partial charge in [0, 0.05) is 6.54 Å². The smallest absolute Gasteiger partial charge is 0.233 e. The molecule has 0 fully saturated rings. The Hall–Kier alpha value is -0.780. The fourth-order valence-electron chi connectivity index (χ4n) is 1.06. The third-order valence-corrected chi connectivity index (χ3v) is 3.10. The number of hydrogen-bond acceptors (Lipinski definition) is 3. The molecule has 0 saturated carbocycles. The Bertz CT molecular complexity index is 406. The van der Waals surface area contributed by atoms with Gasteiger partial charge in [0.25, 0.3) is 0 Å². The second-order valence-corrected chi connectivity index (χ2v) is 4.87. The normalized spacial score (nSPS) is 10.5. The lowest BCUT2D eigenvalue weighted by molar-refractivity contribution is 0.601. The number of rotatable bonds is 4. The van der Waals surface area contributed by atoms with Crippen molar-refractivity contribution in [2.24, 2.45) is 5.73 Å². The standard InChI is InChI=1S/C9H14N2O2S.ClH/c1-8-4-2-3-5-9(8)11-14(12,13)7-6-10;/h2-5,11H,6-7,10H2,1H3;1H. The van der Waals surface area contributed by atoms with Gasteiger partial charge < -0.3 is 5.73 Å². The zero-order valence-corrected chi connectivity index (χ0v) is 10.1. The van der Waals surface area contributed by atoms with Crippen molar-refractivity contribution in [3.63, 3.8) is 0 Å². The largest absolute Gasteiger partial charge is 0.329 e. The van der Waals surface area contributed by atoms with Crippen LogP contribution in [0.5, 0.6) is 0 Å². The fourth-order valence-corrected chi connectivity index (χ4v) is 2.04. The number of aryl methyl sites for hydroxylation is 1. The van der Waals surface area contributed by atoms with Gasteiger partial charge in [-0.2, -0.15) is 0 Å². The maximum atomic E-state index is 11.4. The lowest BCUT2D eigenvalue weighted by atomic mass is 10.2. The predicted molar refractivity (Wildman–Crippen MR) is 64.9 cm³/mol. The van der Waals surface area contributed by atoms with Crippen molar-refractivity contribution in [3.05, 3.63) is 29.8 Å². The molecule has 0 bridgehead atoms. The molecule has 0 saturated heterocycles. The van der Waals surface area contributed by atoms with Crippen LogP contribution < -0.4 is 10.5 Å². The van der Waals surface area contributed by atoms with Gasteiger partial charge in [-0.15, -0.1) is 12.4 Å². The molecule has 1 rings (SSSR count). The highest BCUT2D eigenvalue weighted by molar-refractivity contribution is 7.92. The van der Waals surface area contributed by atoms with E-state index in [9.17, 15) is 8.42 Å². The quantitative estimate of drug-likeness (QED) is 0.841. The number of nitrogens with two attached hydrogens (primary N) is 1. The minimum absolute atomic E-state index is 0. The molecule has 1 aromatic rings. The Morgan fingerprint density at radius 3 is 2.47 bits per heavy atom. The van der Waals surface area contributed by atoms with Gasteiger partial charge in [0.2, 0.25) is 10.0 Å². The van der Waals surface area contributed by atoms with Crippen molar-refractivity contribution in [2.45, 2.75) is 6.92 Å². The number of benzene rings is 1. The number of para-hydroxylation sites is 1. The molecule has 0 atom stereocenters. The molecule has 0 spiro atoms. The van der Waals surface area contributed by atoms with Gasteiger partial charge in [0.1, 0.15) is 0 Å². The monoisotopic (exact) mass is 250 g/mol. The zero-order chi connectivity index (χ0) is 10.6. The third-order valence-electron chi connectivity index (χ3n) is 1.80. The van der Waals surface area contributed by atoms with Crippen LogP contribution >= 0.6 is 12.4 Å². The van der Waals surface area contributed by atoms with Crippen molar-refractivity contribution in [2.75, 3.05) is 17.0 Å². The molecule has 6 heteroatoms. The summed E-state index contributed by atoms with van der Waals surface area (Å²) in [5, 5.41) is 0. The fraction of sp³-hybridized carbons (Fsp3) is 0.333. The van der Waals surface area contributed by atoms with E-state index in [1.54, 1.807) is 12.1 Å². The van der Waals surface area contributed by atoms with Crippen LogP contribution in [-0.4, -0.2) is 20.7 Å². The minimum Gasteiger partial charge on any atom is -0.329 e. The van der Waals surface area contributed by atoms with Gasteiger partial charge in [-0.3, -0.25) is 4.72 Å². The Labute approximate surface area is 96.3 Å². The highest BCUT2D eigenvalue weighted by Crippen LogP contribution is 2.14. The second kappa shape index (κ2) is 5.95. The molecule has 0 aliphatic heterocycles. The molecular formula is C9H15ClN2O2S. The molecule has 0 aliphatic carbocycles. The lowest BCUT2D eigenvalue weighted by Crippen LogP contribution is -2.22. The number of halogens is 1. The topological polar surface area (TPSA) is 72.2 Å². The van der Waals surface area contributed by atoms with E-state index >= 15 is 0 Å². The van der Waals surface area contributed by atoms with Gasteiger partial charge >= 0.3 is 0 Å². The summed E-state index contributed by atoms with van der Waals surface area (Å²) in [4.78, 5) is 0. The van der Waals surface area contributed by atoms with Gasteiger partial charge in [-0.1, -0.05) is 18.2 Å². The van der Waals surface area contributed by atoms with E-state index in [1.807, 2.05) is 19.1 Å². The van der Waals surface area contributed by atoms with Crippen LogP contribution in [0.3, 0.4) is 0 Å². The summed E-state index contributed by atoms with van der Waals surface area (Å²) in [6.45, 7) is 1.97. The summed E-state index contributed by atoms with van der Waals surface area (Å²) >= 11 is 0. The first-order valence-corrected chi connectivity index (χ1v) is 5.96. The van der Waals surface area contributed by atoms with Gasteiger partial charge in [0.15, 0.2) is 0 Å². The first kappa shape index (κ1) is 14.2. The van der Waals surface area contributed by atoms with Crippen LogP contribution in [0.1, 0.15) is 5.56 Å². The van der Waals surface area contributed by atoms with Crippen molar-refractivity contribution >= 4 is 28.1 Å². The first-order chi connectivity index (χ1) is 6.55. The van der Waals surface area contributed by atoms with Crippen LogP contribution in [0.15, 0.2) is 24.3 Å². The van der Waals surface area contributed by atoms with E-state index in [2.05, 4.69) is 4.72 Å².